The normalized spacial score (nSPS) is 12.6. The largest absolute Gasteiger partial charge is 0.460 e. The molecule has 0 saturated heterocycles. The first-order chi connectivity index (χ1) is 9.70. The molecule has 9 heteroatoms. The summed E-state index contributed by atoms with van der Waals surface area (Å²) in [5.74, 6) is -0.410. The molecule has 0 radical (unpaired) electrons. The van der Waals surface area contributed by atoms with E-state index in [1.54, 1.807) is 46.3 Å². The Balaban J connectivity index is 4.09. The van der Waals surface area contributed by atoms with Gasteiger partial charge in [-0.25, -0.2) is 9.52 Å². The number of rotatable bonds is 6. The molecule has 1 amide bonds. The summed E-state index contributed by atoms with van der Waals surface area (Å²) in [5, 5.41) is 0. The molecule has 0 aliphatic heterocycles. The summed E-state index contributed by atoms with van der Waals surface area (Å²) in [6.07, 6.45) is -0.733. The summed E-state index contributed by atoms with van der Waals surface area (Å²) in [6, 6.07) is 0. The van der Waals surface area contributed by atoms with Crippen LogP contribution in [0.25, 0.3) is 0 Å². The average Bonchev–Trinajstić information content (AvgIpc) is 2.17. The molecular weight excluding hydrogens is 312 g/mol. The first-order valence-electron chi connectivity index (χ1n) is 6.92. The Hall–Kier alpha value is -1.35. The molecule has 0 aromatic rings. The van der Waals surface area contributed by atoms with Crippen LogP contribution in [0.15, 0.2) is 0 Å². The number of esters is 1. The van der Waals surface area contributed by atoms with Gasteiger partial charge in [0.1, 0.15) is 11.2 Å². The van der Waals surface area contributed by atoms with Crippen LogP contribution in [-0.4, -0.2) is 38.2 Å². The fourth-order valence-corrected chi connectivity index (χ4v) is 2.02. The predicted octanol–water partition coefficient (Wildman–Crippen LogP) is 1.47. The molecule has 0 heterocycles. The van der Waals surface area contributed by atoms with Crippen molar-refractivity contribution in [2.24, 2.45) is 0 Å². The molecule has 0 aliphatic rings. The molecule has 22 heavy (non-hydrogen) atoms. The van der Waals surface area contributed by atoms with Crippen molar-refractivity contribution in [3.8, 4) is 0 Å². The Morgan fingerprint density at radius 1 is 0.955 bits per heavy atom. The highest BCUT2D eigenvalue weighted by atomic mass is 32.2. The zero-order valence-electron chi connectivity index (χ0n) is 14.0. The van der Waals surface area contributed by atoms with Gasteiger partial charge in [-0.15, -0.1) is 0 Å². The van der Waals surface area contributed by atoms with Crippen LogP contribution in [0.5, 0.6) is 0 Å². The van der Waals surface area contributed by atoms with Crippen molar-refractivity contribution in [2.45, 2.75) is 65.6 Å². The maximum Gasteiger partial charge on any atom is 0.422 e. The summed E-state index contributed by atoms with van der Waals surface area (Å²) in [5.41, 5.74) is -1.37. The van der Waals surface area contributed by atoms with Gasteiger partial charge in [-0.2, -0.15) is 13.1 Å². The fourth-order valence-electron chi connectivity index (χ4n) is 1.28. The van der Waals surface area contributed by atoms with Gasteiger partial charge < -0.3 is 9.47 Å². The van der Waals surface area contributed by atoms with Gasteiger partial charge in [0.15, 0.2) is 0 Å². The van der Waals surface area contributed by atoms with E-state index in [2.05, 4.69) is 4.72 Å². The molecular formula is C13H26N2O6S. The molecule has 0 aromatic heterocycles. The SMILES string of the molecule is CC(C)(C)OC(=O)CCCNS(=O)(=O)NC(=O)OC(C)(C)C. The van der Waals surface area contributed by atoms with Crippen molar-refractivity contribution in [2.75, 3.05) is 6.54 Å². The van der Waals surface area contributed by atoms with Gasteiger partial charge in [-0.3, -0.25) is 4.79 Å². The maximum absolute atomic E-state index is 11.6. The molecule has 0 fully saturated rings. The highest BCUT2D eigenvalue weighted by molar-refractivity contribution is 7.88. The van der Waals surface area contributed by atoms with E-state index < -0.39 is 33.5 Å². The van der Waals surface area contributed by atoms with Crippen LogP contribution in [0.2, 0.25) is 0 Å². The number of hydrogen-bond acceptors (Lipinski definition) is 6. The number of nitrogens with one attached hydrogen (secondary N) is 2. The van der Waals surface area contributed by atoms with Gasteiger partial charge in [0.05, 0.1) is 0 Å². The quantitative estimate of drug-likeness (QED) is 0.560. The second-order valence-electron chi connectivity index (χ2n) is 6.69. The molecule has 0 aliphatic carbocycles. The summed E-state index contributed by atoms with van der Waals surface area (Å²) in [6.45, 7) is 10.1. The zero-order valence-corrected chi connectivity index (χ0v) is 14.8. The summed E-state index contributed by atoms with van der Waals surface area (Å²) in [7, 11) is -4.01. The van der Waals surface area contributed by atoms with Crippen molar-refractivity contribution in [3.63, 3.8) is 0 Å². The van der Waals surface area contributed by atoms with Crippen LogP contribution in [0.3, 0.4) is 0 Å². The topological polar surface area (TPSA) is 111 Å². The van der Waals surface area contributed by atoms with Crippen LogP contribution in [-0.2, 0) is 24.5 Å². The number of carbonyl (C=O) groups is 2. The molecule has 2 N–H and O–H groups in total. The van der Waals surface area contributed by atoms with Gasteiger partial charge >= 0.3 is 22.3 Å². The minimum absolute atomic E-state index is 0.00261. The van der Waals surface area contributed by atoms with Crippen molar-refractivity contribution in [1.29, 1.82) is 0 Å². The van der Waals surface area contributed by atoms with E-state index in [9.17, 15) is 18.0 Å². The zero-order chi connectivity index (χ0) is 17.6. The molecule has 0 unspecified atom stereocenters. The third-order valence-corrected chi connectivity index (χ3v) is 2.91. The van der Waals surface area contributed by atoms with E-state index in [1.807, 2.05) is 0 Å². The highest BCUT2D eigenvalue weighted by Crippen LogP contribution is 2.09. The first-order valence-corrected chi connectivity index (χ1v) is 8.41. The lowest BCUT2D eigenvalue weighted by molar-refractivity contribution is -0.154. The van der Waals surface area contributed by atoms with Crippen molar-refractivity contribution < 1.29 is 27.5 Å². The Kier molecular flexibility index (Phi) is 7.30. The number of carbonyl (C=O) groups excluding carboxylic acids is 2. The third-order valence-electron chi connectivity index (χ3n) is 1.89. The van der Waals surface area contributed by atoms with Gasteiger partial charge in [0, 0.05) is 13.0 Å². The second-order valence-corrected chi connectivity index (χ2v) is 8.19. The molecule has 0 saturated carbocycles. The number of ether oxygens (including phenoxy) is 2. The van der Waals surface area contributed by atoms with E-state index in [4.69, 9.17) is 9.47 Å². The van der Waals surface area contributed by atoms with Crippen molar-refractivity contribution in [1.82, 2.24) is 9.44 Å². The summed E-state index contributed by atoms with van der Waals surface area (Å²) in [4.78, 5) is 22.8. The minimum Gasteiger partial charge on any atom is -0.460 e. The van der Waals surface area contributed by atoms with Gasteiger partial charge in [0.25, 0.3) is 0 Å². The third kappa shape index (κ3) is 12.4. The fraction of sp³-hybridized carbons (Fsp3) is 0.846. The first kappa shape index (κ1) is 20.6. The number of hydrogen-bond donors (Lipinski definition) is 2. The molecule has 0 aromatic carbocycles. The van der Waals surface area contributed by atoms with Gasteiger partial charge in [0.2, 0.25) is 0 Å². The molecule has 130 valence electrons. The molecule has 8 nitrogen and oxygen atoms in total. The highest BCUT2D eigenvalue weighted by Gasteiger charge is 2.21. The van der Waals surface area contributed by atoms with E-state index in [-0.39, 0.29) is 19.4 Å². The van der Waals surface area contributed by atoms with Gasteiger partial charge in [-0.05, 0) is 48.0 Å². The summed E-state index contributed by atoms with van der Waals surface area (Å²) >= 11 is 0. The van der Waals surface area contributed by atoms with Crippen LogP contribution in [0, 0.1) is 0 Å². The van der Waals surface area contributed by atoms with Gasteiger partial charge in [-0.1, -0.05) is 0 Å². The van der Waals surface area contributed by atoms with Crippen molar-refractivity contribution in [3.05, 3.63) is 0 Å². The Morgan fingerprint density at radius 2 is 1.45 bits per heavy atom. The lowest BCUT2D eigenvalue weighted by atomic mass is 10.2. The monoisotopic (exact) mass is 338 g/mol. The lowest BCUT2D eigenvalue weighted by Crippen LogP contribution is -2.43. The maximum atomic E-state index is 11.6. The second kappa shape index (κ2) is 7.77. The predicted molar refractivity (Wildman–Crippen MR) is 81.4 cm³/mol. The Morgan fingerprint density at radius 3 is 1.91 bits per heavy atom. The van der Waals surface area contributed by atoms with E-state index in [0.29, 0.717) is 0 Å². The van der Waals surface area contributed by atoms with E-state index >= 15 is 0 Å². The van der Waals surface area contributed by atoms with Crippen LogP contribution < -0.4 is 9.44 Å². The molecule has 0 spiro atoms. The van der Waals surface area contributed by atoms with Crippen LogP contribution >= 0.6 is 0 Å². The lowest BCUT2D eigenvalue weighted by Gasteiger charge is -2.20. The number of amides is 1. The van der Waals surface area contributed by atoms with Crippen LogP contribution in [0.1, 0.15) is 54.4 Å². The average molecular weight is 338 g/mol. The van der Waals surface area contributed by atoms with Crippen molar-refractivity contribution >= 4 is 22.3 Å². The minimum atomic E-state index is -4.01. The molecule has 0 rings (SSSR count). The smallest absolute Gasteiger partial charge is 0.422 e. The molecule has 0 bridgehead atoms. The van der Waals surface area contributed by atoms with Crippen LogP contribution in [0.4, 0.5) is 4.79 Å². The van der Waals surface area contributed by atoms with E-state index in [1.165, 1.54) is 0 Å². The summed E-state index contributed by atoms with van der Waals surface area (Å²) < 4.78 is 36.9. The molecule has 0 atom stereocenters. The van der Waals surface area contributed by atoms with E-state index in [0.717, 1.165) is 0 Å². The Bertz CT molecular complexity index is 488. The Labute approximate surface area is 132 Å². The standard InChI is InChI=1S/C13H26N2O6S/c1-12(2,3)20-10(16)8-7-9-14-22(18,19)15-11(17)21-13(4,5)6/h14H,7-9H2,1-6H3,(H,15,17).